The van der Waals surface area contributed by atoms with Gasteiger partial charge in [0.15, 0.2) is 18.1 Å². The van der Waals surface area contributed by atoms with Gasteiger partial charge in [-0.2, -0.15) is 5.10 Å². The minimum atomic E-state index is -3.80. The van der Waals surface area contributed by atoms with E-state index in [9.17, 15) is 18.0 Å². The Labute approximate surface area is 232 Å². The van der Waals surface area contributed by atoms with Gasteiger partial charge in [-0.05, 0) is 54.1 Å². The minimum Gasteiger partial charge on any atom is -0.495 e. The Bertz CT molecular complexity index is 1460. The van der Waals surface area contributed by atoms with Crippen molar-refractivity contribution in [2.45, 2.75) is 0 Å². The van der Waals surface area contributed by atoms with Crippen LogP contribution in [0.2, 0.25) is 0 Å². The third-order valence-electron chi connectivity index (χ3n) is 5.38. The molecule has 3 aromatic rings. The van der Waals surface area contributed by atoms with Crippen LogP contribution in [0.3, 0.4) is 0 Å². The van der Waals surface area contributed by atoms with E-state index >= 15 is 0 Å². The van der Waals surface area contributed by atoms with E-state index in [2.05, 4.69) is 15.8 Å². The van der Waals surface area contributed by atoms with E-state index in [0.717, 1.165) is 10.6 Å². The first-order chi connectivity index (χ1) is 19.1. The molecule has 0 radical (unpaired) electrons. The molecule has 2 N–H and O–H groups in total. The fourth-order valence-electron chi connectivity index (χ4n) is 3.46. The van der Waals surface area contributed by atoms with Crippen LogP contribution in [0.15, 0.2) is 71.8 Å². The second-order valence-corrected chi connectivity index (χ2v) is 10.1. The summed E-state index contributed by atoms with van der Waals surface area (Å²) in [7, 11) is 0.602. The Kier molecular flexibility index (Phi) is 10.3. The van der Waals surface area contributed by atoms with Crippen molar-refractivity contribution in [3.05, 3.63) is 72.3 Å². The molecule has 0 aliphatic rings. The summed E-state index contributed by atoms with van der Waals surface area (Å²) in [6.07, 6.45) is 2.38. The van der Waals surface area contributed by atoms with E-state index in [1.807, 2.05) is 0 Å². The minimum absolute atomic E-state index is 0.210. The van der Waals surface area contributed by atoms with Crippen LogP contribution in [-0.2, 0) is 19.6 Å². The number of nitrogens with one attached hydrogen (secondary N) is 2. The number of para-hydroxylation sites is 2. The molecule has 0 aliphatic carbocycles. The maximum Gasteiger partial charge on any atom is 0.262 e. The number of hydrazone groups is 1. The highest BCUT2D eigenvalue weighted by atomic mass is 32.2. The molecule has 0 saturated carbocycles. The smallest absolute Gasteiger partial charge is 0.262 e. The van der Waals surface area contributed by atoms with Crippen molar-refractivity contribution in [1.82, 2.24) is 5.43 Å². The molecule has 0 unspecified atom stereocenters. The zero-order valence-corrected chi connectivity index (χ0v) is 23.2. The third kappa shape index (κ3) is 8.36. The van der Waals surface area contributed by atoms with Gasteiger partial charge in [-0.25, -0.2) is 13.8 Å². The predicted molar refractivity (Wildman–Crippen MR) is 151 cm³/mol. The lowest BCUT2D eigenvalue weighted by Gasteiger charge is -2.22. The molecule has 0 aliphatic heterocycles. The number of rotatable bonds is 13. The molecule has 2 amide bonds. The van der Waals surface area contributed by atoms with E-state index in [0.29, 0.717) is 34.2 Å². The number of benzene rings is 3. The summed E-state index contributed by atoms with van der Waals surface area (Å²) in [5, 5.41) is 6.61. The van der Waals surface area contributed by atoms with Crippen molar-refractivity contribution >= 4 is 39.4 Å². The van der Waals surface area contributed by atoms with Crippen LogP contribution >= 0.6 is 0 Å². The molecule has 0 saturated heterocycles. The Morgan fingerprint density at radius 3 is 2.20 bits per heavy atom. The number of hydrogen-bond acceptors (Lipinski definition) is 9. The quantitative estimate of drug-likeness (QED) is 0.236. The lowest BCUT2D eigenvalue weighted by Crippen LogP contribution is -2.39. The van der Waals surface area contributed by atoms with Crippen molar-refractivity contribution in [2.75, 3.05) is 50.4 Å². The van der Waals surface area contributed by atoms with Crippen LogP contribution in [0.5, 0.6) is 23.0 Å². The topological polar surface area (TPSA) is 145 Å². The number of carbonyl (C=O) groups is 2. The zero-order chi connectivity index (χ0) is 29.1. The van der Waals surface area contributed by atoms with Crippen LogP contribution in [0.25, 0.3) is 0 Å². The van der Waals surface area contributed by atoms with E-state index in [-0.39, 0.29) is 18.2 Å². The number of anilines is 2. The lowest BCUT2D eigenvalue weighted by atomic mass is 10.2. The van der Waals surface area contributed by atoms with Gasteiger partial charge in [0.2, 0.25) is 10.0 Å². The summed E-state index contributed by atoms with van der Waals surface area (Å²) >= 11 is 0. The molecule has 0 fully saturated rings. The van der Waals surface area contributed by atoms with Gasteiger partial charge in [0.1, 0.15) is 18.0 Å². The van der Waals surface area contributed by atoms with Crippen LogP contribution in [-0.4, -0.2) is 67.2 Å². The first kappa shape index (κ1) is 29.8. The Morgan fingerprint density at radius 2 is 1.55 bits per heavy atom. The number of ether oxygens (including phenoxy) is 4. The van der Waals surface area contributed by atoms with E-state index in [4.69, 9.17) is 18.9 Å². The second kappa shape index (κ2) is 13.8. The first-order valence-electron chi connectivity index (χ1n) is 11.8. The maximum absolute atomic E-state index is 12.5. The molecule has 3 aromatic carbocycles. The molecule has 0 aromatic heterocycles. The van der Waals surface area contributed by atoms with E-state index < -0.39 is 22.5 Å². The standard InChI is InChI=1S/C27H30N4O8S/c1-36-23-8-6-5-7-22(23)29-27(33)18-39-21-12-9-19(10-13-21)16-28-30-26(32)17-31(40(4,34)35)20-11-14-24(37-2)25(15-20)38-3/h5-16H,17-18H2,1-4H3,(H,29,33)(H,30,32)/b28-16-. The molecule has 0 atom stereocenters. The first-order valence-corrected chi connectivity index (χ1v) is 13.7. The van der Waals surface area contributed by atoms with Gasteiger partial charge in [0.05, 0.1) is 45.2 Å². The number of sulfonamides is 1. The second-order valence-electron chi connectivity index (χ2n) is 8.21. The fraction of sp³-hybridized carbons (Fsp3) is 0.222. The number of hydrogen-bond donors (Lipinski definition) is 2. The molecule has 212 valence electrons. The summed E-state index contributed by atoms with van der Waals surface area (Å²) in [4.78, 5) is 24.7. The van der Waals surface area contributed by atoms with Gasteiger partial charge in [0, 0.05) is 6.07 Å². The van der Waals surface area contributed by atoms with Crippen LogP contribution in [0.1, 0.15) is 5.56 Å². The summed E-state index contributed by atoms with van der Waals surface area (Å²) in [5.41, 5.74) is 3.71. The summed E-state index contributed by atoms with van der Waals surface area (Å²) in [5.74, 6) is 0.719. The number of amides is 2. The summed E-state index contributed by atoms with van der Waals surface area (Å²) < 4.78 is 46.8. The van der Waals surface area contributed by atoms with Crippen molar-refractivity contribution in [3.63, 3.8) is 0 Å². The Hall–Kier alpha value is -4.78. The highest BCUT2D eigenvalue weighted by Crippen LogP contribution is 2.32. The van der Waals surface area contributed by atoms with Gasteiger partial charge >= 0.3 is 0 Å². The number of carbonyl (C=O) groups excluding carboxylic acids is 2. The fourth-order valence-corrected chi connectivity index (χ4v) is 4.31. The molecule has 0 bridgehead atoms. The molecule has 13 heteroatoms. The molecular weight excluding hydrogens is 540 g/mol. The molecular formula is C27H30N4O8S. The van der Waals surface area contributed by atoms with Crippen LogP contribution in [0, 0.1) is 0 Å². The Morgan fingerprint density at radius 1 is 0.875 bits per heavy atom. The van der Waals surface area contributed by atoms with Gasteiger partial charge in [-0.15, -0.1) is 0 Å². The predicted octanol–water partition coefficient (Wildman–Crippen LogP) is 2.65. The normalized spacial score (nSPS) is 11.0. The zero-order valence-electron chi connectivity index (χ0n) is 22.4. The van der Waals surface area contributed by atoms with Crippen LogP contribution in [0.4, 0.5) is 11.4 Å². The van der Waals surface area contributed by atoms with Crippen molar-refractivity contribution < 1.29 is 37.0 Å². The molecule has 12 nitrogen and oxygen atoms in total. The van der Waals surface area contributed by atoms with E-state index in [1.165, 1.54) is 39.7 Å². The SMILES string of the molecule is COc1ccccc1NC(=O)COc1ccc(/C=N\NC(=O)CN(c2ccc(OC)c(OC)c2)S(C)(=O)=O)cc1. The van der Waals surface area contributed by atoms with Crippen molar-refractivity contribution in [3.8, 4) is 23.0 Å². The largest absolute Gasteiger partial charge is 0.495 e. The van der Waals surface area contributed by atoms with Gasteiger partial charge < -0.3 is 24.3 Å². The van der Waals surface area contributed by atoms with Gasteiger partial charge in [-0.1, -0.05) is 12.1 Å². The number of nitrogens with zero attached hydrogens (tertiary/aromatic N) is 2. The lowest BCUT2D eigenvalue weighted by molar-refractivity contribution is -0.119. The third-order valence-corrected chi connectivity index (χ3v) is 6.52. The number of methoxy groups -OCH3 is 3. The molecule has 40 heavy (non-hydrogen) atoms. The van der Waals surface area contributed by atoms with Crippen molar-refractivity contribution in [1.29, 1.82) is 0 Å². The molecule has 0 spiro atoms. The maximum atomic E-state index is 12.5. The monoisotopic (exact) mass is 570 g/mol. The van der Waals surface area contributed by atoms with Gasteiger partial charge in [0.25, 0.3) is 11.8 Å². The van der Waals surface area contributed by atoms with Crippen LogP contribution < -0.4 is 34.0 Å². The Balaban J connectivity index is 1.54. The summed E-state index contributed by atoms with van der Waals surface area (Å²) in [6.45, 7) is -0.714. The average Bonchev–Trinajstić information content (AvgIpc) is 2.94. The highest BCUT2D eigenvalue weighted by Gasteiger charge is 2.22. The average molecular weight is 571 g/mol. The van der Waals surface area contributed by atoms with Gasteiger partial charge in [-0.3, -0.25) is 13.9 Å². The van der Waals surface area contributed by atoms with E-state index in [1.54, 1.807) is 54.6 Å². The van der Waals surface area contributed by atoms with Crippen molar-refractivity contribution in [2.24, 2.45) is 5.10 Å². The molecule has 3 rings (SSSR count). The highest BCUT2D eigenvalue weighted by molar-refractivity contribution is 7.92. The molecule has 0 heterocycles. The summed E-state index contributed by atoms with van der Waals surface area (Å²) in [6, 6.07) is 18.2.